The molecule has 0 amide bonds. The number of aliphatic imine (C=N–C) groups is 1. The normalized spacial score (nSPS) is 11.6. The van der Waals surface area contributed by atoms with Gasteiger partial charge in [-0.2, -0.15) is 0 Å². The fraction of sp³-hybridized carbons (Fsp3) is 0.120. The van der Waals surface area contributed by atoms with Gasteiger partial charge in [0.2, 0.25) is 0 Å². The summed E-state index contributed by atoms with van der Waals surface area (Å²) in [6.45, 7) is 0.846. The van der Waals surface area contributed by atoms with E-state index in [1.54, 1.807) is 37.4 Å². The lowest BCUT2D eigenvalue weighted by Crippen LogP contribution is -2.15. The first-order chi connectivity index (χ1) is 14.6. The topological polar surface area (TPSA) is 90.7 Å². The van der Waals surface area contributed by atoms with Crippen LogP contribution in [0.3, 0.4) is 0 Å². The number of carbonyl (C=O) groups is 1. The maximum atomic E-state index is 13.1. The van der Waals surface area contributed by atoms with Crippen LogP contribution in [0.5, 0.6) is 5.75 Å². The first kappa shape index (κ1) is 21.0. The van der Waals surface area contributed by atoms with Crippen molar-refractivity contribution >= 4 is 17.7 Å². The van der Waals surface area contributed by atoms with Crippen LogP contribution in [-0.4, -0.2) is 25.2 Å². The molecule has 5 nitrogen and oxygen atoms in total. The highest BCUT2D eigenvalue weighted by Gasteiger charge is 2.16. The van der Waals surface area contributed by atoms with Gasteiger partial charge in [0.15, 0.2) is 5.78 Å². The highest BCUT2D eigenvalue weighted by Crippen LogP contribution is 2.25. The van der Waals surface area contributed by atoms with Crippen LogP contribution in [0.1, 0.15) is 32.6 Å². The zero-order chi connectivity index (χ0) is 21.3. The second-order valence-electron chi connectivity index (χ2n) is 6.68. The molecule has 4 N–H and O–H groups in total. The smallest absolute Gasteiger partial charge is 0.196 e. The van der Waals surface area contributed by atoms with E-state index in [1.807, 2.05) is 54.6 Å². The number of nitrogens with two attached hydrogens (primary N) is 2. The number of hydrogen-bond acceptors (Lipinski definition) is 4. The van der Waals surface area contributed by atoms with E-state index in [0.29, 0.717) is 41.4 Å². The van der Waals surface area contributed by atoms with Gasteiger partial charge in [-0.25, -0.2) is 0 Å². The summed E-state index contributed by atoms with van der Waals surface area (Å²) in [7, 11) is 1.62. The monoisotopic (exact) mass is 399 g/mol. The Morgan fingerprint density at radius 3 is 2.40 bits per heavy atom. The molecule has 0 saturated carbocycles. The molecule has 0 spiro atoms. The van der Waals surface area contributed by atoms with E-state index in [4.69, 9.17) is 16.2 Å². The van der Waals surface area contributed by atoms with E-state index >= 15 is 0 Å². The molecule has 0 radical (unpaired) electrons. The molecular weight excluding hydrogens is 374 g/mol. The van der Waals surface area contributed by atoms with Crippen LogP contribution in [0.25, 0.3) is 6.08 Å². The summed E-state index contributed by atoms with van der Waals surface area (Å²) >= 11 is 0. The minimum absolute atomic E-state index is 0.126. The summed E-state index contributed by atoms with van der Waals surface area (Å²) in [4.78, 5) is 17.1. The van der Waals surface area contributed by atoms with Gasteiger partial charge in [0.1, 0.15) is 18.2 Å². The average Bonchev–Trinajstić information content (AvgIpc) is 2.81. The second-order valence-corrected chi connectivity index (χ2v) is 6.68. The fourth-order valence-corrected chi connectivity index (χ4v) is 2.96. The molecule has 3 rings (SSSR count). The van der Waals surface area contributed by atoms with E-state index in [1.165, 1.54) is 0 Å². The maximum Gasteiger partial charge on any atom is 0.196 e. The van der Waals surface area contributed by atoms with Crippen molar-refractivity contribution in [2.24, 2.45) is 16.5 Å². The van der Waals surface area contributed by atoms with E-state index < -0.39 is 0 Å². The molecule has 0 unspecified atom stereocenters. The Bertz CT molecular complexity index is 1060. The number of carbonyl (C=O) groups excluding carboxylic acids is 1. The molecule has 0 aliphatic heterocycles. The van der Waals surface area contributed by atoms with Crippen molar-refractivity contribution in [3.63, 3.8) is 0 Å². The maximum absolute atomic E-state index is 13.1. The highest BCUT2D eigenvalue weighted by molar-refractivity contribution is 6.12. The van der Waals surface area contributed by atoms with E-state index in [-0.39, 0.29) is 5.78 Å². The predicted molar refractivity (Wildman–Crippen MR) is 122 cm³/mol. The van der Waals surface area contributed by atoms with E-state index in [9.17, 15) is 4.79 Å². The molecule has 0 atom stereocenters. The zero-order valence-electron chi connectivity index (χ0n) is 16.9. The van der Waals surface area contributed by atoms with Crippen molar-refractivity contribution in [1.29, 1.82) is 0 Å². The number of ketones is 1. The standard InChI is InChI=1S/C25H25N3O2/c1-28-25(27)21-13-14-23(22(16-21)24(29)20-7-3-2-4-8-20)30-17-19-11-9-18(10-12-19)6-5-15-26/h2-14,16H,15,17,26H2,1H3,(H2,27,28)/b6-5+. The Labute approximate surface area is 176 Å². The molecule has 3 aromatic rings. The van der Waals surface area contributed by atoms with Gasteiger partial charge in [-0.05, 0) is 29.3 Å². The van der Waals surface area contributed by atoms with Crippen molar-refractivity contribution in [1.82, 2.24) is 0 Å². The number of rotatable bonds is 8. The fourth-order valence-electron chi connectivity index (χ4n) is 2.96. The van der Waals surface area contributed by atoms with Crippen molar-refractivity contribution < 1.29 is 9.53 Å². The third kappa shape index (κ3) is 5.21. The number of benzene rings is 3. The molecule has 3 aromatic carbocycles. The molecule has 30 heavy (non-hydrogen) atoms. The van der Waals surface area contributed by atoms with E-state index in [0.717, 1.165) is 11.1 Å². The van der Waals surface area contributed by atoms with Crippen LogP contribution in [0.2, 0.25) is 0 Å². The summed E-state index contributed by atoms with van der Waals surface area (Å²) in [5, 5.41) is 0. The van der Waals surface area contributed by atoms with Gasteiger partial charge in [0.25, 0.3) is 0 Å². The van der Waals surface area contributed by atoms with Crippen LogP contribution in [0.4, 0.5) is 0 Å². The average molecular weight is 399 g/mol. The second kappa shape index (κ2) is 10.2. The van der Waals surface area contributed by atoms with Gasteiger partial charge < -0.3 is 16.2 Å². The third-order valence-corrected chi connectivity index (χ3v) is 4.62. The number of hydrogen-bond donors (Lipinski definition) is 2. The first-order valence-corrected chi connectivity index (χ1v) is 9.67. The molecule has 0 aromatic heterocycles. The Balaban J connectivity index is 1.86. The summed E-state index contributed by atoms with van der Waals surface area (Å²) in [6, 6.07) is 22.4. The quantitative estimate of drug-likeness (QED) is 0.342. The first-order valence-electron chi connectivity index (χ1n) is 9.67. The Kier molecular flexibility index (Phi) is 7.14. The van der Waals surface area contributed by atoms with Crippen LogP contribution < -0.4 is 16.2 Å². The molecule has 0 saturated heterocycles. The van der Waals surface area contributed by atoms with Crippen LogP contribution >= 0.6 is 0 Å². The van der Waals surface area contributed by atoms with Crippen LogP contribution in [0.15, 0.2) is 83.9 Å². The van der Waals surface area contributed by atoms with Crippen LogP contribution in [-0.2, 0) is 6.61 Å². The molecule has 0 aliphatic rings. The molecule has 0 bridgehead atoms. The molecule has 0 aliphatic carbocycles. The number of amidine groups is 1. The van der Waals surface area contributed by atoms with Gasteiger partial charge in [0, 0.05) is 24.7 Å². The lowest BCUT2D eigenvalue weighted by molar-refractivity contribution is 0.103. The van der Waals surface area contributed by atoms with Crippen molar-refractivity contribution in [3.05, 3.63) is 107 Å². The molecule has 5 heteroatoms. The van der Waals surface area contributed by atoms with Gasteiger partial charge in [-0.15, -0.1) is 0 Å². The summed E-state index contributed by atoms with van der Waals surface area (Å²) in [6.07, 6.45) is 3.87. The lowest BCUT2D eigenvalue weighted by atomic mass is 10.00. The summed E-state index contributed by atoms with van der Waals surface area (Å²) in [5.41, 5.74) is 15.2. The molecule has 152 valence electrons. The summed E-state index contributed by atoms with van der Waals surface area (Å²) < 4.78 is 6.02. The molecule has 0 heterocycles. The molecule has 0 fully saturated rings. The SMILES string of the molecule is CN=C(N)c1ccc(OCc2ccc(/C=C/CN)cc2)c(C(=O)c2ccccc2)c1. The Morgan fingerprint density at radius 1 is 1.00 bits per heavy atom. The van der Waals surface area contributed by atoms with Gasteiger partial charge in [0.05, 0.1) is 5.56 Å². The van der Waals surface area contributed by atoms with E-state index in [2.05, 4.69) is 4.99 Å². The Hall–Kier alpha value is -3.70. The summed E-state index contributed by atoms with van der Waals surface area (Å²) in [5.74, 6) is 0.743. The largest absolute Gasteiger partial charge is 0.488 e. The third-order valence-electron chi connectivity index (χ3n) is 4.62. The lowest BCUT2D eigenvalue weighted by Gasteiger charge is -2.13. The van der Waals surface area contributed by atoms with Crippen LogP contribution in [0, 0.1) is 0 Å². The van der Waals surface area contributed by atoms with Gasteiger partial charge in [-0.1, -0.05) is 66.7 Å². The zero-order valence-corrected chi connectivity index (χ0v) is 16.9. The number of nitrogens with zero attached hydrogens (tertiary/aromatic N) is 1. The minimum atomic E-state index is -0.126. The van der Waals surface area contributed by atoms with Crippen molar-refractivity contribution in [2.45, 2.75) is 6.61 Å². The minimum Gasteiger partial charge on any atom is -0.488 e. The van der Waals surface area contributed by atoms with Gasteiger partial charge >= 0.3 is 0 Å². The van der Waals surface area contributed by atoms with Crippen molar-refractivity contribution in [2.75, 3.05) is 13.6 Å². The highest BCUT2D eigenvalue weighted by atomic mass is 16.5. The Morgan fingerprint density at radius 2 is 1.73 bits per heavy atom. The molecular formula is C25H25N3O2. The van der Waals surface area contributed by atoms with Crippen molar-refractivity contribution in [3.8, 4) is 5.75 Å². The number of ether oxygens (including phenoxy) is 1. The van der Waals surface area contributed by atoms with Gasteiger partial charge in [-0.3, -0.25) is 9.79 Å². The predicted octanol–water partition coefficient (Wildman–Crippen LogP) is 3.80.